The van der Waals surface area contributed by atoms with Gasteiger partial charge < -0.3 is 24.4 Å². The van der Waals surface area contributed by atoms with E-state index < -0.39 is 12.1 Å². The van der Waals surface area contributed by atoms with Crippen molar-refractivity contribution in [3.63, 3.8) is 0 Å². The van der Waals surface area contributed by atoms with Gasteiger partial charge in [-0.1, -0.05) is 11.2 Å². The van der Waals surface area contributed by atoms with Gasteiger partial charge in [-0.15, -0.1) is 11.8 Å². The molecule has 1 unspecified atom stereocenters. The average molecular weight is 442 g/mol. The molecule has 9 nitrogen and oxygen atoms in total. The Morgan fingerprint density at radius 2 is 1.97 bits per heavy atom. The highest BCUT2D eigenvalue weighted by atomic mass is 32.2. The number of amides is 1. The van der Waals surface area contributed by atoms with E-state index in [9.17, 15) is 9.90 Å². The topological polar surface area (TPSA) is 119 Å². The maximum atomic E-state index is 11.8. The number of aliphatic imine (C=N–C) groups is 1. The molecule has 1 atom stereocenters. The van der Waals surface area contributed by atoms with Crippen molar-refractivity contribution in [3.8, 4) is 22.9 Å². The summed E-state index contributed by atoms with van der Waals surface area (Å²) >= 11 is 1.31. The van der Waals surface area contributed by atoms with E-state index in [-0.39, 0.29) is 5.75 Å². The molecule has 3 rings (SSSR count). The van der Waals surface area contributed by atoms with Crippen molar-refractivity contribution in [2.45, 2.75) is 13.0 Å². The van der Waals surface area contributed by atoms with Crippen LogP contribution in [0.5, 0.6) is 11.5 Å². The Morgan fingerprint density at radius 1 is 1.23 bits per heavy atom. The van der Waals surface area contributed by atoms with E-state index in [1.807, 2.05) is 30.5 Å². The van der Waals surface area contributed by atoms with Crippen molar-refractivity contribution >= 4 is 28.6 Å². The molecule has 0 radical (unpaired) electrons. The SMILES string of the molecule is COC(=O)/N=C(\SC)C(Nc1ccc(-c2noc(C)n2)cc1)c1ccc(O)c(OC)c1. The molecular weight excluding hydrogens is 420 g/mol. The minimum absolute atomic E-state index is 0.0142. The zero-order valence-corrected chi connectivity index (χ0v) is 18.3. The highest BCUT2D eigenvalue weighted by molar-refractivity contribution is 8.13. The number of nitrogens with one attached hydrogen (secondary N) is 1. The van der Waals surface area contributed by atoms with Crippen molar-refractivity contribution in [2.24, 2.45) is 4.99 Å². The number of carbonyl (C=O) groups is 1. The van der Waals surface area contributed by atoms with Crippen LogP contribution in [0.1, 0.15) is 17.5 Å². The molecular formula is C21H22N4O5S. The molecule has 0 fully saturated rings. The van der Waals surface area contributed by atoms with Gasteiger partial charge in [-0.3, -0.25) is 0 Å². The Hall–Kier alpha value is -3.53. The zero-order chi connectivity index (χ0) is 22.4. The van der Waals surface area contributed by atoms with Crippen molar-refractivity contribution in [3.05, 3.63) is 53.9 Å². The second kappa shape index (κ2) is 9.98. The number of thioether (sulfide) groups is 1. The monoisotopic (exact) mass is 442 g/mol. The fourth-order valence-electron chi connectivity index (χ4n) is 2.82. The Kier molecular flexibility index (Phi) is 7.14. The fourth-order valence-corrected chi connectivity index (χ4v) is 3.42. The lowest BCUT2D eigenvalue weighted by Crippen LogP contribution is -2.20. The van der Waals surface area contributed by atoms with E-state index in [0.29, 0.717) is 22.5 Å². The molecule has 1 heterocycles. The van der Waals surface area contributed by atoms with E-state index in [1.165, 1.54) is 32.0 Å². The van der Waals surface area contributed by atoms with Crippen molar-refractivity contribution in [1.82, 2.24) is 10.1 Å². The van der Waals surface area contributed by atoms with Crippen LogP contribution >= 0.6 is 11.8 Å². The Balaban J connectivity index is 1.96. The second-order valence-corrected chi connectivity index (χ2v) is 7.17. The molecule has 0 spiro atoms. The molecule has 2 aromatic carbocycles. The quantitative estimate of drug-likeness (QED) is 0.422. The lowest BCUT2D eigenvalue weighted by atomic mass is 10.1. The third-order valence-electron chi connectivity index (χ3n) is 4.35. The van der Waals surface area contributed by atoms with Gasteiger partial charge in [-0.05, 0) is 48.2 Å². The molecule has 0 aliphatic heterocycles. The number of benzene rings is 2. The van der Waals surface area contributed by atoms with E-state index >= 15 is 0 Å². The number of phenolic OH excluding ortho intramolecular Hbond substituents is 1. The number of ether oxygens (including phenoxy) is 2. The number of rotatable bonds is 6. The minimum Gasteiger partial charge on any atom is -0.504 e. The van der Waals surface area contributed by atoms with E-state index in [1.54, 1.807) is 19.1 Å². The van der Waals surface area contributed by atoms with Crippen LogP contribution in [0.25, 0.3) is 11.4 Å². The molecule has 0 aliphatic rings. The third-order valence-corrected chi connectivity index (χ3v) is 5.10. The van der Waals surface area contributed by atoms with Crippen LogP contribution in [0, 0.1) is 6.92 Å². The van der Waals surface area contributed by atoms with Crippen molar-refractivity contribution < 1.29 is 23.9 Å². The molecule has 0 saturated carbocycles. The zero-order valence-electron chi connectivity index (χ0n) is 17.4. The maximum absolute atomic E-state index is 11.8. The normalized spacial score (nSPS) is 12.3. The first-order chi connectivity index (χ1) is 14.9. The van der Waals surface area contributed by atoms with Gasteiger partial charge in [0.05, 0.1) is 14.2 Å². The molecule has 0 bridgehead atoms. The predicted octanol–water partition coefficient (Wildman–Crippen LogP) is 4.44. The summed E-state index contributed by atoms with van der Waals surface area (Å²) in [5, 5.41) is 17.7. The van der Waals surface area contributed by atoms with Crippen molar-refractivity contribution in [2.75, 3.05) is 25.8 Å². The molecule has 1 amide bonds. The molecule has 162 valence electrons. The standard InChI is InChI=1S/C21H22N4O5S/c1-12-22-19(25-30-12)13-5-8-15(9-6-13)23-18(20(31-4)24-21(27)29-3)14-7-10-16(26)17(11-14)28-2/h5-11,18,23,26H,1-4H3/b24-20-. The van der Waals surface area contributed by atoms with Gasteiger partial charge >= 0.3 is 6.09 Å². The molecule has 0 aliphatic carbocycles. The number of aromatic nitrogens is 2. The van der Waals surface area contributed by atoms with Gasteiger partial charge in [0.1, 0.15) is 11.1 Å². The summed E-state index contributed by atoms with van der Waals surface area (Å²) in [6.07, 6.45) is 1.11. The molecule has 31 heavy (non-hydrogen) atoms. The number of carbonyl (C=O) groups excluding carboxylic acids is 1. The van der Waals surface area contributed by atoms with Crippen LogP contribution in [0.15, 0.2) is 52.0 Å². The van der Waals surface area contributed by atoms with Crippen LogP contribution in [0.4, 0.5) is 10.5 Å². The first-order valence-electron chi connectivity index (χ1n) is 9.20. The lowest BCUT2D eigenvalue weighted by Gasteiger charge is -2.22. The number of hydrogen-bond donors (Lipinski definition) is 2. The van der Waals surface area contributed by atoms with Gasteiger partial charge in [-0.2, -0.15) is 9.98 Å². The second-order valence-electron chi connectivity index (χ2n) is 6.35. The number of anilines is 1. The first kappa shape index (κ1) is 22.2. The molecule has 1 aromatic heterocycles. The lowest BCUT2D eigenvalue weighted by molar-refractivity contribution is 0.182. The van der Waals surface area contributed by atoms with Gasteiger partial charge in [0.2, 0.25) is 11.7 Å². The summed E-state index contributed by atoms with van der Waals surface area (Å²) in [6.45, 7) is 1.73. The van der Waals surface area contributed by atoms with Crippen LogP contribution < -0.4 is 10.1 Å². The van der Waals surface area contributed by atoms with Crippen LogP contribution in [-0.4, -0.2) is 46.9 Å². The first-order valence-corrected chi connectivity index (χ1v) is 10.4. The summed E-state index contributed by atoms with van der Waals surface area (Å²) in [5.74, 6) is 1.31. The van der Waals surface area contributed by atoms with E-state index in [4.69, 9.17) is 14.0 Å². The average Bonchev–Trinajstić information content (AvgIpc) is 3.23. The van der Waals surface area contributed by atoms with Gasteiger partial charge in [0, 0.05) is 18.2 Å². The maximum Gasteiger partial charge on any atom is 0.434 e. The highest BCUT2D eigenvalue weighted by Gasteiger charge is 2.21. The summed E-state index contributed by atoms with van der Waals surface area (Å²) in [7, 11) is 2.74. The number of methoxy groups -OCH3 is 2. The fraction of sp³-hybridized carbons (Fsp3) is 0.238. The summed E-state index contributed by atoms with van der Waals surface area (Å²) in [5.41, 5.74) is 2.32. The van der Waals surface area contributed by atoms with Gasteiger partial charge in [0.15, 0.2) is 11.5 Å². The number of nitrogens with zero attached hydrogens (tertiary/aromatic N) is 3. The summed E-state index contributed by atoms with van der Waals surface area (Å²) < 4.78 is 14.9. The van der Waals surface area contributed by atoms with Crippen LogP contribution in [0.3, 0.4) is 0 Å². The van der Waals surface area contributed by atoms with E-state index in [2.05, 4.69) is 20.4 Å². The summed E-state index contributed by atoms with van der Waals surface area (Å²) in [4.78, 5) is 20.1. The smallest absolute Gasteiger partial charge is 0.434 e. The van der Waals surface area contributed by atoms with Gasteiger partial charge in [-0.25, -0.2) is 4.79 Å². The predicted molar refractivity (Wildman–Crippen MR) is 119 cm³/mol. The minimum atomic E-state index is -0.704. The molecule has 10 heteroatoms. The third kappa shape index (κ3) is 5.34. The van der Waals surface area contributed by atoms with Crippen LogP contribution in [-0.2, 0) is 4.74 Å². The molecule has 0 saturated heterocycles. The van der Waals surface area contributed by atoms with Crippen molar-refractivity contribution in [1.29, 1.82) is 0 Å². The Bertz CT molecular complexity index is 1080. The number of phenols is 1. The molecule has 2 N–H and O–H groups in total. The number of aromatic hydroxyl groups is 1. The highest BCUT2D eigenvalue weighted by Crippen LogP contribution is 2.33. The Morgan fingerprint density at radius 3 is 2.55 bits per heavy atom. The largest absolute Gasteiger partial charge is 0.504 e. The Labute approximate surface area is 183 Å². The number of hydrogen-bond acceptors (Lipinski definition) is 9. The number of aryl methyl sites for hydroxylation is 1. The molecule has 3 aromatic rings. The van der Waals surface area contributed by atoms with E-state index in [0.717, 1.165) is 16.8 Å². The van der Waals surface area contributed by atoms with Gasteiger partial charge in [0.25, 0.3) is 0 Å². The summed E-state index contributed by atoms with van der Waals surface area (Å²) in [6, 6.07) is 11.9. The van der Waals surface area contributed by atoms with Crippen LogP contribution in [0.2, 0.25) is 0 Å².